The molecule has 3 bridgehead atoms. The third kappa shape index (κ3) is 0.828. The zero-order chi connectivity index (χ0) is 11.2. The highest BCUT2D eigenvalue weighted by Gasteiger charge is 2.74. The molecule has 4 rings (SSSR count). The van der Waals surface area contributed by atoms with Gasteiger partial charge in [-0.1, -0.05) is 0 Å². The minimum atomic E-state index is -3.33. The molecule has 0 N–H and O–H groups in total. The van der Waals surface area contributed by atoms with Crippen molar-refractivity contribution in [1.29, 1.82) is 0 Å². The van der Waals surface area contributed by atoms with E-state index in [0.717, 1.165) is 25.2 Å². The van der Waals surface area contributed by atoms with Gasteiger partial charge in [0.2, 0.25) is 0 Å². The lowest BCUT2D eigenvalue weighted by Gasteiger charge is -2.49. The Kier molecular flexibility index (Phi) is 1.55. The van der Waals surface area contributed by atoms with Crippen LogP contribution in [0, 0.1) is 23.2 Å². The molecule has 0 amide bonds. The highest BCUT2D eigenvalue weighted by Crippen LogP contribution is 2.77. The fraction of sp³-hybridized carbons (Fsp3) is 1.00. The number of hydrogen-bond acceptors (Lipinski definition) is 3. The minimum Gasteiger partial charge on any atom is -0.273 e. The maximum Gasteiger partial charge on any atom is 0.272 e. The fourth-order valence-electron chi connectivity index (χ4n) is 5.75. The van der Waals surface area contributed by atoms with Gasteiger partial charge in [0.25, 0.3) is 10.1 Å². The van der Waals surface area contributed by atoms with Crippen LogP contribution in [0.2, 0.25) is 0 Å². The molecular formula is C12H18O3S. The summed E-state index contributed by atoms with van der Waals surface area (Å²) in [5, 5.41) is 0. The zero-order valence-corrected chi connectivity index (χ0v) is 10.4. The van der Waals surface area contributed by atoms with Gasteiger partial charge in [0.15, 0.2) is 0 Å². The van der Waals surface area contributed by atoms with Crippen molar-refractivity contribution in [2.75, 3.05) is 7.11 Å². The van der Waals surface area contributed by atoms with Crippen LogP contribution in [-0.2, 0) is 14.3 Å². The summed E-state index contributed by atoms with van der Waals surface area (Å²) in [6.07, 6.45) is 6.55. The normalized spacial score (nSPS) is 57.4. The van der Waals surface area contributed by atoms with Crippen molar-refractivity contribution in [2.24, 2.45) is 23.2 Å². The van der Waals surface area contributed by atoms with E-state index in [9.17, 15) is 8.42 Å². The Balaban J connectivity index is 1.84. The van der Waals surface area contributed by atoms with Crippen molar-refractivity contribution < 1.29 is 12.6 Å². The maximum atomic E-state index is 12.2. The quantitative estimate of drug-likeness (QED) is 0.695. The van der Waals surface area contributed by atoms with Crippen LogP contribution in [0.1, 0.15) is 38.5 Å². The molecule has 5 unspecified atom stereocenters. The molecule has 4 aliphatic rings. The second-order valence-corrected chi connectivity index (χ2v) is 8.66. The van der Waals surface area contributed by atoms with Crippen LogP contribution in [0.5, 0.6) is 0 Å². The van der Waals surface area contributed by atoms with Gasteiger partial charge < -0.3 is 0 Å². The molecule has 4 heteroatoms. The van der Waals surface area contributed by atoms with Gasteiger partial charge in [-0.15, -0.1) is 0 Å². The molecule has 0 aromatic rings. The Morgan fingerprint density at radius 2 is 1.94 bits per heavy atom. The van der Waals surface area contributed by atoms with Crippen LogP contribution < -0.4 is 0 Å². The fourth-order valence-corrected chi connectivity index (χ4v) is 7.39. The average molecular weight is 242 g/mol. The van der Waals surface area contributed by atoms with Crippen molar-refractivity contribution >= 4 is 10.1 Å². The standard InChI is InChI=1S/C12H18O3S/c1-15-16(13,14)11-4-8-2-9-3-10(6-11)12(9,5-8)7-11/h8-10H,2-7H2,1H3. The SMILES string of the molecule is COS(=O)(=O)C12CC3CC4CC(C1)C4(C3)C2. The van der Waals surface area contributed by atoms with Crippen molar-refractivity contribution in [1.82, 2.24) is 0 Å². The van der Waals surface area contributed by atoms with Gasteiger partial charge in [0.1, 0.15) is 0 Å². The molecule has 16 heavy (non-hydrogen) atoms. The Labute approximate surface area is 96.7 Å². The Bertz CT molecular complexity index is 453. The molecular weight excluding hydrogens is 224 g/mol. The first-order valence-electron chi connectivity index (χ1n) is 6.32. The van der Waals surface area contributed by atoms with Crippen molar-refractivity contribution in [3.05, 3.63) is 0 Å². The van der Waals surface area contributed by atoms with Crippen molar-refractivity contribution in [2.45, 2.75) is 43.3 Å². The average Bonchev–Trinajstić information content (AvgIpc) is 2.55. The topological polar surface area (TPSA) is 43.4 Å². The third-order valence-electron chi connectivity index (χ3n) is 6.16. The lowest BCUT2D eigenvalue weighted by molar-refractivity contribution is 0.000944. The summed E-state index contributed by atoms with van der Waals surface area (Å²) in [5.74, 6) is 2.20. The Morgan fingerprint density at radius 1 is 1.12 bits per heavy atom. The van der Waals surface area contributed by atoms with Gasteiger partial charge in [-0.05, 0) is 61.7 Å². The largest absolute Gasteiger partial charge is 0.273 e. The van der Waals surface area contributed by atoms with Gasteiger partial charge in [-0.2, -0.15) is 8.42 Å². The molecule has 4 aliphatic carbocycles. The molecule has 0 heterocycles. The van der Waals surface area contributed by atoms with E-state index < -0.39 is 14.9 Å². The maximum absolute atomic E-state index is 12.2. The van der Waals surface area contributed by atoms with Gasteiger partial charge >= 0.3 is 0 Å². The van der Waals surface area contributed by atoms with E-state index in [0.29, 0.717) is 17.3 Å². The van der Waals surface area contributed by atoms with Crippen LogP contribution in [0.25, 0.3) is 0 Å². The summed E-state index contributed by atoms with van der Waals surface area (Å²) in [7, 11) is -2.00. The van der Waals surface area contributed by atoms with Gasteiger partial charge in [0.05, 0.1) is 11.9 Å². The third-order valence-corrected chi connectivity index (χ3v) is 8.14. The summed E-state index contributed by atoms with van der Waals surface area (Å²) in [6, 6.07) is 0. The van der Waals surface area contributed by atoms with E-state index in [4.69, 9.17) is 4.18 Å². The van der Waals surface area contributed by atoms with Gasteiger partial charge in [-0.25, -0.2) is 0 Å². The molecule has 4 fully saturated rings. The number of rotatable bonds is 2. The molecule has 0 saturated heterocycles. The van der Waals surface area contributed by atoms with Crippen molar-refractivity contribution in [3.63, 3.8) is 0 Å². The van der Waals surface area contributed by atoms with E-state index >= 15 is 0 Å². The smallest absolute Gasteiger partial charge is 0.272 e. The molecule has 3 nitrogen and oxygen atoms in total. The first kappa shape index (κ1) is 9.89. The van der Waals surface area contributed by atoms with Gasteiger partial charge in [0, 0.05) is 0 Å². The van der Waals surface area contributed by atoms with Crippen LogP contribution in [0.4, 0.5) is 0 Å². The van der Waals surface area contributed by atoms with E-state index in [1.165, 1.54) is 26.4 Å². The Morgan fingerprint density at radius 3 is 2.69 bits per heavy atom. The summed E-state index contributed by atoms with van der Waals surface area (Å²) in [5.41, 5.74) is 0.425. The lowest BCUT2D eigenvalue weighted by atomic mass is 9.56. The highest BCUT2D eigenvalue weighted by atomic mass is 32.2. The van der Waals surface area contributed by atoms with Crippen LogP contribution in [0.15, 0.2) is 0 Å². The second kappa shape index (κ2) is 2.51. The molecule has 90 valence electrons. The highest BCUT2D eigenvalue weighted by molar-refractivity contribution is 7.88. The number of fused-ring (bicyclic) bond motifs is 2. The Hall–Kier alpha value is -0.0900. The van der Waals surface area contributed by atoms with Crippen LogP contribution >= 0.6 is 0 Å². The summed E-state index contributed by atoms with van der Waals surface area (Å²) in [4.78, 5) is 0. The van der Waals surface area contributed by atoms with E-state index in [1.807, 2.05) is 0 Å². The molecule has 0 aromatic heterocycles. The summed E-state index contributed by atoms with van der Waals surface area (Å²) in [6.45, 7) is 0. The molecule has 0 aromatic carbocycles. The van der Waals surface area contributed by atoms with E-state index in [1.54, 1.807) is 0 Å². The van der Waals surface area contributed by atoms with Crippen LogP contribution in [-0.4, -0.2) is 20.3 Å². The molecule has 4 saturated carbocycles. The second-order valence-electron chi connectivity index (χ2n) is 6.56. The predicted molar refractivity (Wildman–Crippen MR) is 59.3 cm³/mol. The molecule has 0 aliphatic heterocycles. The predicted octanol–water partition coefficient (Wildman–Crippen LogP) is 1.93. The monoisotopic (exact) mass is 242 g/mol. The summed E-state index contributed by atoms with van der Waals surface area (Å²) < 4.78 is 28.7. The molecule has 5 atom stereocenters. The molecule has 0 radical (unpaired) electrons. The first-order valence-corrected chi connectivity index (χ1v) is 7.72. The first-order chi connectivity index (χ1) is 7.51. The number of hydrogen-bond donors (Lipinski definition) is 0. The molecule has 1 spiro atoms. The van der Waals surface area contributed by atoms with Gasteiger partial charge in [-0.3, -0.25) is 4.18 Å². The van der Waals surface area contributed by atoms with Crippen molar-refractivity contribution in [3.8, 4) is 0 Å². The zero-order valence-electron chi connectivity index (χ0n) is 9.61. The van der Waals surface area contributed by atoms with E-state index in [2.05, 4.69) is 0 Å². The lowest BCUT2D eigenvalue weighted by Crippen LogP contribution is -2.44. The minimum absolute atomic E-state index is 0.425. The summed E-state index contributed by atoms with van der Waals surface area (Å²) >= 11 is 0. The van der Waals surface area contributed by atoms with E-state index in [-0.39, 0.29) is 0 Å². The van der Waals surface area contributed by atoms with Crippen LogP contribution in [0.3, 0.4) is 0 Å².